The van der Waals surface area contributed by atoms with Gasteiger partial charge in [0.2, 0.25) is 5.91 Å². The van der Waals surface area contributed by atoms with Gasteiger partial charge >= 0.3 is 0 Å². The van der Waals surface area contributed by atoms with Gasteiger partial charge in [-0.2, -0.15) is 5.26 Å². The minimum absolute atomic E-state index is 0.0448. The smallest absolute Gasteiger partial charge is 0.252 e. The van der Waals surface area contributed by atoms with Crippen LogP contribution in [-0.4, -0.2) is 20.7 Å². The molecular formula is C10H8N6O. The predicted molar refractivity (Wildman–Crippen MR) is 59.0 cm³/mol. The molecule has 2 aromatic rings. The van der Waals surface area contributed by atoms with Gasteiger partial charge in [-0.15, -0.1) is 5.10 Å². The Balaban J connectivity index is 2.47. The number of nitrogen functional groups attached to an aromatic ring is 1. The number of primary amides is 1. The zero-order chi connectivity index (χ0) is 12.4. The van der Waals surface area contributed by atoms with Crippen LogP contribution in [0.2, 0.25) is 0 Å². The van der Waals surface area contributed by atoms with E-state index in [9.17, 15) is 4.79 Å². The van der Waals surface area contributed by atoms with Crippen molar-refractivity contribution in [3.8, 4) is 11.8 Å². The van der Waals surface area contributed by atoms with Crippen LogP contribution in [0.4, 0.5) is 5.69 Å². The van der Waals surface area contributed by atoms with E-state index in [-0.39, 0.29) is 5.82 Å². The lowest BCUT2D eigenvalue weighted by Gasteiger charge is -2.05. The zero-order valence-corrected chi connectivity index (χ0v) is 8.66. The van der Waals surface area contributed by atoms with Gasteiger partial charge in [0.1, 0.15) is 12.4 Å². The highest BCUT2D eigenvalue weighted by Crippen LogP contribution is 2.17. The van der Waals surface area contributed by atoms with Crippen LogP contribution in [0.15, 0.2) is 24.5 Å². The van der Waals surface area contributed by atoms with Crippen LogP contribution in [0, 0.1) is 11.3 Å². The quantitative estimate of drug-likeness (QED) is 0.690. The largest absolute Gasteiger partial charge is 0.397 e. The first-order valence-corrected chi connectivity index (χ1v) is 4.63. The number of carbonyl (C=O) groups excluding carboxylic acids is 1. The molecule has 0 bridgehead atoms. The first-order chi connectivity index (χ1) is 8.11. The van der Waals surface area contributed by atoms with E-state index in [2.05, 4.69) is 10.1 Å². The SMILES string of the molecule is N#Cc1ncn(-c2ccc(C(N)=O)cc2N)n1. The summed E-state index contributed by atoms with van der Waals surface area (Å²) in [5.41, 5.74) is 12.1. The number of carbonyl (C=O) groups is 1. The Morgan fingerprint density at radius 2 is 2.24 bits per heavy atom. The number of nitrogens with two attached hydrogens (primary N) is 2. The lowest BCUT2D eigenvalue weighted by Crippen LogP contribution is -2.12. The second-order valence-electron chi connectivity index (χ2n) is 3.26. The van der Waals surface area contributed by atoms with Gasteiger partial charge in [0.15, 0.2) is 0 Å². The van der Waals surface area contributed by atoms with E-state index >= 15 is 0 Å². The van der Waals surface area contributed by atoms with E-state index in [1.54, 1.807) is 6.07 Å². The normalized spacial score (nSPS) is 9.82. The minimum atomic E-state index is -0.556. The molecule has 0 unspecified atom stereocenters. The van der Waals surface area contributed by atoms with Crippen molar-refractivity contribution in [2.24, 2.45) is 5.73 Å². The molecule has 0 saturated heterocycles. The molecular weight excluding hydrogens is 220 g/mol. The maximum absolute atomic E-state index is 10.9. The summed E-state index contributed by atoms with van der Waals surface area (Å²) in [7, 11) is 0. The molecule has 0 aliphatic heterocycles. The van der Waals surface area contributed by atoms with Crippen molar-refractivity contribution in [2.75, 3.05) is 5.73 Å². The average Bonchev–Trinajstić information content (AvgIpc) is 2.77. The molecule has 0 saturated carbocycles. The van der Waals surface area contributed by atoms with Gasteiger partial charge in [0, 0.05) is 5.56 Å². The lowest BCUT2D eigenvalue weighted by atomic mass is 10.1. The van der Waals surface area contributed by atoms with Crippen LogP contribution in [0.5, 0.6) is 0 Å². The van der Waals surface area contributed by atoms with Gasteiger partial charge in [-0.05, 0) is 18.2 Å². The summed E-state index contributed by atoms with van der Waals surface area (Å²) >= 11 is 0. The number of nitrogens with zero attached hydrogens (tertiary/aromatic N) is 4. The van der Waals surface area contributed by atoms with Gasteiger partial charge in [0.25, 0.3) is 5.82 Å². The summed E-state index contributed by atoms with van der Waals surface area (Å²) in [6, 6.07) is 6.38. The van der Waals surface area contributed by atoms with E-state index in [1.807, 2.05) is 6.07 Å². The zero-order valence-electron chi connectivity index (χ0n) is 8.66. The number of anilines is 1. The van der Waals surface area contributed by atoms with Crippen LogP contribution in [0.3, 0.4) is 0 Å². The van der Waals surface area contributed by atoms with E-state index in [1.165, 1.54) is 23.1 Å². The molecule has 2 rings (SSSR count). The van der Waals surface area contributed by atoms with Crippen molar-refractivity contribution in [1.82, 2.24) is 14.8 Å². The van der Waals surface area contributed by atoms with Gasteiger partial charge in [-0.3, -0.25) is 4.79 Å². The van der Waals surface area contributed by atoms with Crippen molar-refractivity contribution in [3.63, 3.8) is 0 Å². The molecule has 1 heterocycles. The number of rotatable bonds is 2. The minimum Gasteiger partial charge on any atom is -0.397 e. The van der Waals surface area contributed by atoms with E-state index in [4.69, 9.17) is 16.7 Å². The third-order valence-corrected chi connectivity index (χ3v) is 2.15. The fraction of sp³-hybridized carbons (Fsp3) is 0. The van der Waals surface area contributed by atoms with Gasteiger partial charge in [0.05, 0.1) is 11.4 Å². The van der Waals surface area contributed by atoms with Crippen molar-refractivity contribution in [3.05, 3.63) is 35.9 Å². The Morgan fingerprint density at radius 1 is 1.47 bits per heavy atom. The number of amides is 1. The number of hydrogen-bond donors (Lipinski definition) is 2. The first kappa shape index (κ1) is 10.6. The van der Waals surface area contributed by atoms with E-state index in [0.717, 1.165) is 0 Å². The highest BCUT2D eigenvalue weighted by Gasteiger charge is 2.08. The maximum atomic E-state index is 10.9. The molecule has 84 valence electrons. The van der Waals surface area contributed by atoms with Crippen LogP contribution in [-0.2, 0) is 0 Å². The summed E-state index contributed by atoms with van der Waals surface area (Å²) in [6.45, 7) is 0. The Hall–Kier alpha value is -2.88. The van der Waals surface area contributed by atoms with Crippen molar-refractivity contribution < 1.29 is 4.79 Å². The maximum Gasteiger partial charge on any atom is 0.252 e. The molecule has 0 aliphatic carbocycles. The van der Waals surface area contributed by atoms with E-state index in [0.29, 0.717) is 16.9 Å². The molecule has 0 atom stereocenters. The Bertz CT molecular complexity index is 624. The summed E-state index contributed by atoms with van der Waals surface area (Å²) in [4.78, 5) is 14.7. The monoisotopic (exact) mass is 228 g/mol. The number of hydrogen-bond acceptors (Lipinski definition) is 5. The summed E-state index contributed by atoms with van der Waals surface area (Å²) in [6.07, 6.45) is 1.37. The van der Waals surface area contributed by atoms with Crippen molar-refractivity contribution >= 4 is 11.6 Å². The fourth-order valence-electron chi connectivity index (χ4n) is 1.35. The summed E-state index contributed by atoms with van der Waals surface area (Å²) in [5, 5.41) is 12.5. The van der Waals surface area contributed by atoms with Gasteiger partial charge in [-0.25, -0.2) is 9.67 Å². The Kier molecular flexibility index (Phi) is 2.46. The topological polar surface area (TPSA) is 124 Å². The molecule has 0 fully saturated rings. The molecule has 7 heteroatoms. The molecule has 1 aromatic heterocycles. The number of aromatic nitrogens is 3. The van der Waals surface area contributed by atoms with Crippen LogP contribution < -0.4 is 11.5 Å². The molecule has 7 nitrogen and oxygen atoms in total. The van der Waals surface area contributed by atoms with Gasteiger partial charge in [-0.1, -0.05) is 0 Å². The predicted octanol–water partition coefficient (Wildman–Crippen LogP) is -0.180. The van der Waals surface area contributed by atoms with Crippen molar-refractivity contribution in [2.45, 2.75) is 0 Å². The standard InChI is InChI=1S/C10H8N6O/c11-4-9-14-5-16(15-9)8-2-1-6(10(13)17)3-7(8)12/h1-3,5H,12H2,(H2,13,17). The highest BCUT2D eigenvalue weighted by molar-refractivity contribution is 5.94. The molecule has 4 N–H and O–H groups in total. The molecule has 0 radical (unpaired) electrons. The molecule has 1 aromatic carbocycles. The van der Waals surface area contributed by atoms with Crippen LogP contribution in [0.1, 0.15) is 16.2 Å². The number of benzene rings is 1. The van der Waals surface area contributed by atoms with Gasteiger partial charge < -0.3 is 11.5 Å². The molecule has 17 heavy (non-hydrogen) atoms. The molecule has 0 spiro atoms. The Labute approximate surface area is 96.3 Å². The molecule has 1 amide bonds. The third kappa shape index (κ3) is 1.91. The van der Waals surface area contributed by atoms with E-state index < -0.39 is 5.91 Å². The van der Waals surface area contributed by atoms with Crippen molar-refractivity contribution in [1.29, 1.82) is 5.26 Å². The lowest BCUT2D eigenvalue weighted by molar-refractivity contribution is 0.100. The second-order valence-corrected chi connectivity index (χ2v) is 3.26. The number of nitriles is 1. The fourth-order valence-corrected chi connectivity index (χ4v) is 1.35. The highest BCUT2D eigenvalue weighted by atomic mass is 16.1. The summed E-state index contributed by atoms with van der Waals surface area (Å²) in [5.74, 6) is -0.511. The average molecular weight is 228 g/mol. The Morgan fingerprint density at radius 3 is 2.76 bits per heavy atom. The molecule has 0 aliphatic rings. The van der Waals surface area contributed by atoms with Crippen LogP contribution >= 0.6 is 0 Å². The summed E-state index contributed by atoms with van der Waals surface area (Å²) < 4.78 is 1.36. The first-order valence-electron chi connectivity index (χ1n) is 4.63. The van der Waals surface area contributed by atoms with Crippen LogP contribution in [0.25, 0.3) is 5.69 Å². The third-order valence-electron chi connectivity index (χ3n) is 2.15. The second kappa shape index (κ2) is 3.94.